The minimum atomic E-state index is -2.57. The first-order chi connectivity index (χ1) is 7.28. The second-order valence-corrected chi connectivity index (χ2v) is 5.24. The Morgan fingerprint density at radius 2 is 1.81 bits per heavy atom. The Bertz CT molecular complexity index is 373. The van der Waals surface area contributed by atoms with Crippen molar-refractivity contribution in [2.75, 3.05) is 18.0 Å². The highest BCUT2D eigenvalue weighted by Gasteiger charge is 2.44. The maximum atomic E-state index is 12.7. The largest absolute Gasteiger partial charge is 0.343 e. The maximum Gasteiger partial charge on any atom is 0.282 e. The number of hydrogen-bond acceptors (Lipinski definition) is 3. The van der Waals surface area contributed by atoms with Gasteiger partial charge in [0.1, 0.15) is 0 Å². The van der Waals surface area contributed by atoms with Gasteiger partial charge in [0.2, 0.25) is 0 Å². The summed E-state index contributed by atoms with van der Waals surface area (Å²) in [5.41, 5.74) is 0.799. The molecule has 0 unspecified atom stereocenters. The van der Waals surface area contributed by atoms with Crippen LogP contribution < -0.4 is 4.90 Å². The van der Waals surface area contributed by atoms with Gasteiger partial charge in [0, 0.05) is 5.41 Å². The van der Waals surface area contributed by atoms with Crippen LogP contribution in [0.5, 0.6) is 0 Å². The zero-order valence-electron chi connectivity index (χ0n) is 9.67. The van der Waals surface area contributed by atoms with Gasteiger partial charge in [-0.25, -0.2) is 8.78 Å². The molecule has 1 aliphatic rings. The second kappa shape index (κ2) is 3.37. The van der Waals surface area contributed by atoms with Crippen molar-refractivity contribution in [3.8, 4) is 0 Å². The van der Waals surface area contributed by atoms with Gasteiger partial charge in [-0.1, -0.05) is 20.8 Å². The van der Waals surface area contributed by atoms with Gasteiger partial charge < -0.3 is 4.90 Å². The minimum absolute atomic E-state index is 0.0651. The van der Waals surface area contributed by atoms with E-state index >= 15 is 0 Å². The molecule has 0 N–H and O–H groups in total. The van der Waals surface area contributed by atoms with E-state index in [1.807, 2.05) is 26.8 Å². The van der Waals surface area contributed by atoms with Crippen LogP contribution in [-0.4, -0.2) is 29.2 Å². The number of halogens is 2. The number of nitrogens with zero attached hydrogens (tertiary/aromatic N) is 3. The summed E-state index contributed by atoms with van der Waals surface area (Å²) < 4.78 is 25.3. The summed E-state index contributed by atoms with van der Waals surface area (Å²) in [6.45, 7) is 5.60. The summed E-state index contributed by atoms with van der Waals surface area (Å²) in [7, 11) is 0. The Morgan fingerprint density at radius 3 is 2.19 bits per heavy atom. The average Bonchev–Trinajstić information content (AvgIpc) is 2.13. The van der Waals surface area contributed by atoms with Crippen molar-refractivity contribution < 1.29 is 8.78 Å². The van der Waals surface area contributed by atoms with Crippen molar-refractivity contribution in [2.45, 2.75) is 32.1 Å². The molecule has 2 heterocycles. The van der Waals surface area contributed by atoms with Crippen LogP contribution in [0.4, 0.5) is 14.6 Å². The summed E-state index contributed by atoms with van der Waals surface area (Å²) in [6, 6.07) is 3.60. The molecule has 0 amide bonds. The summed E-state index contributed by atoms with van der Waals surface area (Å²) in [5, 5.41) is 8.04. The van der Waals surface area contributed by atoms with Crippen molar-refractivity contribution in [2.24, 2.45) is 0 Å². The molecule has 1 fully saturated rings. The minimum Gasteiger partial charge on any atom is -0.343 e. The number of anilines is 1. The summed E-state index contributed by atoms with van der Waals surface area (Å²) >= 11 is 0. The summed E-state index contributed by atoms with van der Waals surface area (Å²) in [5.74, 6) is -2.04. The van der Waals surface area contributed by atoms with Crippen LogP contribution in [0.3, 0.4) is 0 Å². The standard InChI is InChI=1S/C11H15F2N3/c1-10(2,3)8-4-5-9(15-14-8)16-6-11(12,13)7-16/h4-5H,6-7H2,1-3H3. The molecule has 2 rings (SSSR count). The molecular formula is C11H15F2N3. The van der Waals surface area contributed by atoms with E-state index in [9.17, 15) is 8.78 Å². The smallest absolute Gasteiger partial charge is 0.282 e. The van der Waals surface area contributed by atoms with Crippen LogP contribution in [0.1, 0.15) is 26.5 Å². The lowest BCUT2D eigenvalue weighted by atomic mass is 9.92. The molecule has 1 aromatic heterocycles. The van der Waals surface area contributed by atoms with Crippen molar-refractivity contribution in [1.29, 1.82) is 0 Å². The van der Waals surface area contributed by atoms with E-state index in [0.29, 0.717) is 5.82 Å². The first-order valence-corrected chi connectivity index (χ1v) is 5.25. The van der Waals surface area contributed by atoms with E-state index in [1.165, 1.54) is 4.90 Å². The van der Waals surface area contributed by atoms with Crippen molar-refractivity contribution in [3.05, 3.63) is 17.8 Å². The van der Waals surface area contributed by atoms with Gasteiger partial charge in [0.05, 0.1) is 18.8 Å². The molecule has 1 aliphatic heterocycles. The molecule has 1 saturated heterocycles. The molecule has 88 valence electrons. The number of hydrogen-bond donors (Lipinski definition) is 0. The number of rotatable bonds is 1. The third-order valence-electron chi connectivity index (χ3n) is 2.59. The predicted octanol–water partition coefficient (Wildman–Crippen LogP) is 2.23. The fraction of sp³-hybridized carbons (Fsp3) is 0.636. The fourth-order valence-electron chi connectivity index (χ4n) is 1.57. The molecule has 0 saturated carbocycles. The van der Waals surface area contributed by atoms with E-state index in [2.05, 4.69) is 10.2 Å². The highest BCUT2D eigenvalue weighted by atomic mass is 19.3. The Hall–Kier alpha value is -1.26. The van der Waals surface area contributed by atoms with E-state index in [4.69, 9.17) is 0 Å². The van der Waals surface area contributed by atoms with E-state index in [-0.39, 0.29) is 18.5 Å². The zero-order valence-corrected chi connectivity index (χ0v) is 9.67. The Labute approximate surface area is 93.5 Å². The summed E-state index contributed by atoms with van der Waals surface area (Å²) in [6.07, 6.45) is 0. The van der Waals surface area contributed by atoms with Crippen LogP contribution in [0, 0.1) is 0 Å². The van der Waals surface area contributed by atoms with Gasteiger partial charge in [-0.15, -0.1) is 5.10 Å². The molecule has 16 heavy (non-hydrogen) atoms. The molecule has 1 aromatic rings. The zero-order chi connectivity index (χ0) is 12.0. The van der Waals surface area contributed by atoms with E-state index < -0.39 is 5.92 Å². The molecule has 3 nitrogen and oxygen atoms in total. The molecule has 0 radical (unpaired) electrons. The highest BCUT2D eigenvalue weighted by Crippen LogP contribution is 2.30. The van der Waals surface area contributed by atoms with Gasteiger partial charge in [-0.3, -0.25) is 0 Å². The lowest BCUT2D eigenvalue weighted by Gasteiger charge is -2.39. The van der Waals surface area contributed by atoms with Crippen LogP contribution in [0.25, 0.3) is 0 Å². The first kappa shape index (κ1) is 11.2. The van der Waals surface area contributed by atoms with Gasteiger partial charge in [0.15, 0.2) is 5.82 Å². The second-order valence-electron chi connectivity index (χ2n) is 5.24. The van der Waals surface area contributed by atoms with E-state index in [0.717, 1.165) is 5.69 Å². The van der Waals surface area contributed by atoms with Crippen LogP contribution in [0.15, 0.2) is 12.1 Å². The molecule has 0 atom stereocenters. The van der Waals surface area contributed by atoms with Crippen LogP contribution >= 0.6 is 0 Å². The summed E-state index contributed by atoms with van der Waals surface area (Å²) in [4.78, 5) is 1.53. The third-order valence-corrected chi connectivity index (χ3v) is 2.59. The maximum absolute atomic E-state index is 12.7. The van der Waals surface area contributed by atoms with Gasteiger partial charge >= 0.3 is 0 Å². The predicted molar refractivity (Wildman–Crippen MR) is 57.9 cm³/mol. The molecule has 0 bridgehead atoms. The van der Waals surface area contributed by atoms with Gasteiger partial charge in [-0.05, 0) is 12.1 Å². The Kier molecular flexibility index (Phi) is 2.36. The lowest BCUT2D eigenvalue weighted by molar-refractivity contribution is -0.0267. The van der Waals surface area contributed by atoms with E-state index in [1.54, 1.807) is 6.07 Å². The SMILES string of the molecule is CC(C)(C)c1ccc(N2CC(F)(F)C2)nn1. The van der Waals surface area contributed by atoms with Crippen LogP contribution in [-0.2, 0) is 5.41 Å². The van der Waals surface area contributed by atoms with Crippen molar-refractivity contribution in [1.82, 2.24) is 10.2 Å². The topological polar surface area (TPSA) is 29.0 Å². The monoisotopic (exact) mass is 227 g/mol. The van der Waals surface area contributed by atoms with Crippen LogP contribution in [0.2, 0.25) is 0 Å². The molecular weight excluding hydrogens is 212 g/mol. The normalized spacial score (nSPS) is 19.4. The van der Waals surface area contributed by atoms with Crippen molar-refractivity contribution in [3.63, 3.8) is 0 Å². The quantitative estimate of drug-likeness (QED) is 0.736. The first-order valence-electron chi connectivity index (χ1n) is 5.25. The average molecular weight is 227 g/mol. The molecule has 0 aliphatic carbocycles. The van der Waals surface area contributed by atoms with Crippen molar-refractivity contribution >= 4 is 5.82 Å². The molecule has 5 heteroatoms. The Balaban J connectivity index is 2.10. The fourth-order valence-corrected chi connectivity index (χ4v) is 1.57. The molecule has 0 aromatic carbocycles. The lowest BCUT2D eigenvalue weighted by Crippen LogP contribution is -2.56. The molecule has 0 spiro atoms. The van der Waals surface area contributed by atoms with Gasteiger partial charge in [-0.2, -0.15) is 5.10 Å². The number of alkyl halides is 2. The highest BCUT2D eigenvalue weighted by molar-refractivity contribution is 5.42. The Morgan fingerprint density at radius 1 is 1.19 bits per heavy atom. The third kappa shape index (κ3) is 2.13. The van der Waals surface area contributed by atoms with Gasteiger partial charge in [0.25, 0.3) is 5.92 Å². The number of aromatic nitrogens is 2.